The third-order valence-electron chi connectivity index (χ3n) is 5.00. The number of carboxylic acid groups (broad SMARTS) is 1. The molecule has 1 aromatic heterocycles. The zero-order valence-corrected chi connectivity index (χ0v) is 13.5. The van der Waals surface area contributed by atoms with Crippen molar-refractivity contribution in [2.45, 2.75) is 32.2 Å². The van der Waals surface area contributed by atoms with Crippen molar-refractivity contribution < 1.29 is 9.90 Å². The Hall–Kier alpha value is -2.20. The predicted molar refractivity (Wildman–Crippen MR) is 89.4 cm³/mol. The third-order valence-corrected chi connectivity index (χ3v) is 5.00. The smallest absolute Gasteiger partial charge is 0.354 e. The molecule has 4 nitrogen and oxygen atoms in total. The minimum atomic E-state index is -0.990. The van der Waals surface area contributed by atoms with Crippen LogP contribution in [0.4, 0.5) is 0 Å². The second-order valence-corrected chi connectivity index (χ2v) is 6.93. The Morgan fingerprint density at radius 2 is 1.87 bits per heavy atom. The van der Waals surface area contributed by atoms with Crippen LogP contribution in [0.15, 0.2) is 48.5 Å². The van der Waals surface area contributed by atoms with Crippen molar-refractivity contribution in [3.8, 4) is 0 Å². The number of aromatic carboxylic acids is 1. The quantitative estimate of drug-likeness (QED) is 0.860. The molecular formula is C19H22N2O2. The van der Waals surface area contributed by atoms with E-state index in [4.69, 9.17) is 5.11 Å². The average molecular weight is 310 g/mol. The Morgan fingerprint density at radius 3 is 2.48 bits per heavy atom. The number of nitrogens with one attached hydrogen (secondary N) is 1. The van der Waals surface area contributed by atoms with Crippen LogP contribution in [0.3, 0.4) is 0 Å². The largest absolute Gasteiger partial charge is 0.477 e. The number of hydrogen-bond donors (Lipinski definition) is 2. The summed E-state index contributed by atoms with van der Waals surface area (Å²) in [5.74, 6) is -0.990. The maximum absolute atomic E-state index is 11.0. The first-order valence-electron chi connectivity index (χ1n) is 7.90. The van der Waals surface area contributed by atoms with Gasteiger partial charge in [-0.05, 0) is 29.5 Å². The van der Waals surface area contributed by atoms with Crippen molar-refractivity contribution in [3.63, 3.8) is 0 Å². The molecule has 2 aromatic rings. The van der Waals surface area contributed by atoms with Gasteiger partial charge in [-0.15, -0.1) is 0 Å². The van der Waals surface area contributed by atoms with E-state index < -0.39 is 5.97 Å². The number of nitrogens with zero attached hydrogens (tertiary/aromatic N) is 1. The van der Waals surface area contributed by atoms with Gasteiger partial charge in [0.15, 0.2) is 0 Å². The molecule has 1 aliphatic rings. The minimum Gasteiger partial charge on any atom is -0.477 e. The molecule has 4 heteroatoms. The summed E-state index contributed by atoms with van der Waals surface area (Å²) in [6.07, 6.45) is 1.15. The van der Waals surface area contributed by atoms with E-state index >= 15 is 0 Å². The molecule has 1 heterocycles. The molecule has 120 valence electrons. The first-order valence-corrected chi connectivity index (χ1v) is 7.90. The molecule has 1 aromatic carbocycles. The SMILES string of the molecule is CC1(C)CC1(CNCc1cccc(C(=O)O)n1)c1ccccc1. The maximum atomic E-state index is 11.0. The lowest BCUT2D eigenvalue weighted by atomic mass is 9.88. The summed E-state index contributed by atoms with van der Waals surface area (Å²) in [5, 5.41) is 12.5. The Kier molecular flexibility index (Phi) is 3.94. The summed E-state index contributed by atoms with van der Waals surface area (Å²) >= 11 is 0. The summed E-state index contributed by atoms with van der Waals surface area (Å²) in [6.45, 7) is 6.03. The second-order valence-electron chi connectivity index (χ2n) is 6.93. The summed E-state index contributed by atoms with van der Waals surface area (Å²) < 4.78 is 0. The number of carbonyl (C=O) groups is 1. The van der Waals surface area contributed by atoms with E-state index in [-0.39, 0.29) is 16.5 Å². The van der Waals surface area contributed by atoms with E-state index in [0.717, 1.165) is 18.7 Å². The molecule has 0 aliphatic heterocycles. The number of aromatic nitrogens is 1. The number of rotatable bonds is 6. The van der Waals surface area contributed by atoms with Crippen LogP contribution in [-0.2, 0) is 12.0 Å². The molecule has 0 amide bonds. The van der Waals surface area contributed by atoms with Crippen LogP contribution in [0.25, 0.3) is 0 Å². The predicted octanol–water partition coefficient (Wildman–Crippen LogP) is 3.24. The normalized spacial score (nSPS) is 21.8. The van der Waals surface area contributed by atoms with Gasteiger partial charge in [0, 0.05) is 18.5 Å². The van der Waals surface area contributed by atoms with Gasteiger partial charge in [-0.2, -0.15) is 0 Å². The molecule has 3 rings (SSSR count). The molecule has 0 saturated heterocycles. The Labute approximate surface area is 136 Å². The van der Waals surface area contributed by atoms with Gasteiger partial charge in [-0.3, -0.25) is 0 Å². The fourth-order valence-corrected chi connectivity index (χ4v) is 3.47. The fraction of sp³-hybridized carbons (Fsp3) is 0.368. The number of carboxylic acids is 1. The lowest BCUT2D eigenvalue weighted by Crippen LogP contribution is -2.30. The Morgan fingerprint density at radius 1 is 1.17 bits per heavy atom. The van der Waals surface area contributed by atoms with Crippen molar-refractivity contribution >= 4 is 5.97 Å². The van der Waals surface area contributed by atoms with Crippen LogP contribution in [0.5, 0.6) is 0 Å². The fourth-order valence-electron chi connectivity index (χ4n) is 3.47. The van der Waals surface area contributed by atoms with Crippen molar-refractivity contribution in [2.24, 2.45) is 5.41 Å². The van der Waals surface area contributed by atoms with Crippen LogP contribution in [0.1, 0.15) is 42.0 Å². The van der Waals surface area contributed by atoms with Crippen molar-refractivity contribution in [3.05, 3.63) is 65.5 Å². The van der Waals surface area contributed by atoms with E-state index in [2.05, 4.69) is 48.4 Å². The highest BCUT2D eigenvalue weighted by atomic mass is 16.4. The molecule has 2 N–H and O–H groups in total. The summed E-state index contributed by atoms with van der Waals surface area (Å²) in [4.78, 5) is 15.1. The molecule has 0 radical (unpaired) electrons. The summed E-state index contributed by atoms with van der Waals surface area (Å²) in [5.41, 5.74) is 2.64. The van der Waals surface area contributed by atoms with Gasteiger partial charge in [-0.25, -0.2) is 9.78 Å². The molecule has 23 heavy (non-hydrogen) atoms. The highest BCUT2D eigenvalue weighted by molar-refractivity contribution is 5.85. The highest BCUT2D eigenvalue weighted by Gasteiger charge is 2.61. The van der Waals surface area contributed by atoms with Gasteiger partial charge in [0.05, 0.1) is 5.69 Å². The maximum Gasteiger partial charge on any atom is 0.354 e. The summed E-state index contributed by atoms with van der Waals surface area (Å²) in [6, 6.07) is 15.7. The number of hydrogen-bond acceptors (Lipinski definition) is 3. The van der Waals surface area contributed by atoms with Gasteiger partial charge >= 0.3 is 5.97 Å². The van der Waals surface area contributed by atoms with Crippen LogP contribution >= 0.6 is 0 Å². The van der Waals surface area contributed by atoms with E-state index in [1.165, 1.54) is 11.6 Å². The lowest BCUT2D eigenvalue weighted by molar-refractivity contribution is 0.0690. The first-order chi connectivity index (χ1) is 10.9. The van der Waals surface area contributed by atoms with Gasteiger partial charge in [0.2, 0.25) is 0 Å². The molecular weight excluding hydrogens is 288 g/mol. The number of benzene rings is 1. The molecule has 1 atom stereocenters. The first kappa shape index (κ1) is 15.7. The second kappa shape index (κ2) is 5.78. The van der Waals surface area contributed by atoms with Gasteiger partial charge in [0.25, 0.3) is 0 Å². The molecule has 0 bridgehead atoms. The van der Waals surface area contributed by atoms with Crippen molar-refractivity contribution in [1.29, 1.82) is 0 Å². The molecule has 0 spiro atoms. The van der Waals surface area contributed by atoms with Crippen LogP contribution < -0.4 is 5.32 Å². The zero-order chi connectivity index (χ0) is 16.5. The lowest BCUT2D eigenvalue weighted by Gasteiger charge is -2.22. The molecule has 1 fully saturated rings. The van der Waals surface area contributed by atoms with E-state index in [9.17, 15) is 4.79 Å². The van der Waals surface area contributed by atoms with Crippen molar-refractivity contribution in [2.75, 3.05) is 6.54 Å². The van der Waals surface area contributed by atoms with Crippen LogP contribution in [0.2, 0.25) is 0 Å². The number of pyridine rings is 1. The minimum absolute atomic E-state index is 0.0915. The molecule has 1 saturated carbocycles. The van der Waals surface area contributed by atoms with Crippen molar-refractivity contribution in [1.82, 2.24) is 10.3 Å². The summed E-state index contributed by atoms with van der Waals surface area (Å²) in [7, 11) is 0. The van der Waals surface area contributed by atoms with Gasteiger partial charge in [-0.1, -0.05) is 50.2 Å². The molecule has 1 aliphatic carbocycles. The van der Waals surface area contributed by atoms with E-state index in [1.807, 2.05) is 12.1 Å². The van der Waals surface area contributed by atoms with E-state index in [0.29, 0.717) is 6.54 Å². The van der Waals surface area contributed by atoms with Crippen LogP contribution in [0, 0.1) is 5.41 Å². The van der Waals surface area contributed by atoms with E-state index in [1.54, 1.807) is 6.07 Å². The third kappa shape index (κ3) is 2.99. The average Bonchev–Trinajstić information content (AvgIpc) is 3.11. The standard InChI is InChI=1S/C19H22N2O2/c1-18(2)12-19(18,14-7-4-3-5-8-14)13-20-11-15-9-6-10-16(21-15)17(22)23/h3-10,20H,11-13H2,1-2H3,(H,22,23). The zero-order valence-electron chi connectivity index (χ0n) is 13.5. The van der Waals surface area contributed by atoms with Crippen LogP contribution in [-0.4, -0.2) is 22.6 Å². The Balaban J connectivity index is 1.68. The topological polar surface area (TPSA) is 62.2 Å². The van der Waals surface area contributed by atoms with Gasteiger partial charge < -0.3 is 10.4 Å². The molecule has 1 unspecified atom stereocenters. The monoisotopic (exact) mass is 310 g/mol. The Bertz CT molecular complexity index is 712. The van der Waals surface area contributed by atoms with Gasteiger partial charge in [0.1, 0.15) is 5.69 Å². The highest BCUT2D eigenvalue weighted by Crippen LogP contribution is 2.63.